The first-order chi connectivity index (χ1) is 15.7. The van der Waals surface area contributed by atoms with Gasteiger partial charge in [-0.25, -0.2) is 9.37 Å². The van der Waals surface area contributed by atoms with E-state index in [1.54, 1.807) is 34.4 Å². The molecule has 1 fully saturated rings. The number of rotatable bonds is 7. The number of hydrogen-bond donors (Lipinski definition) is 0. The maximum Gasteiger partial charge on any atom is 0.256 e. The van der Waals surface area contributed by atoms with Crippen molar-refractivity contribution in [1.82, 2.24) is 14.3 Å². The average Bonchev–Trinajstić information content (AvgIpc) is 3.55. The Morgan fingerprint density at radius 2 is 2.00 bits per heavy atom. The van der Waals surface area contributed by atoms with Crippen molar-refractivity contribution in [1.29, 1.82) is 0 Å². The Bertz CT molecular complexity index is 1210. The van der Waals surface area contributed by atoms with Crippen molar-refractivity contribution in [2.75, 3.05) is 19.7 Å². The maximum atomic E-state index is 14.3. The lowest BCUT2D eigenvalue weighted by molar-refractivity contribution is 0.0524. The fourth-order valence-corrected chi connectivity index (χ4v) is 5.03. The lowest BCUT2D eigenvalue weighted by Crippen LogP contribution is -2.39. The first kappa shape index (κ1) is 20.8. The molecule has 0 bridgehead atoms. The summed E-state index contributed by atoms with van der Waals surface area (Å²) < 4.78 is 22.2. The van der Waals surface area contributed by atoms with Crippen LogP contribution in [0.4, 0.5) is 4.39 Å². The number of ether oxygens (including phenoxy) is 1. The van der Waals surface area contributed by atoms with E-state index < -0.39 is 5.82 Å². The zero-order valence-electron chi connectivity index (χ0n) is 17.6. The molecule has 5 nitrogen and oxygen atoms in total. The Hall–Kier alpha value is -3.03. The predicted molar refractivity (Wildman–Crippen MR) is 123 cm³/mol. The van der Waals surface area contributed by atoms with Gasteiger partial charge in [-0.2, -0.15) is 0 Å². The highest BCUT2D eigenvalue weighted by molar-refractivity contribution is 7.15. The minimum absolute atomic E-state index is 0.00569. The van der Waals surface area contributed by atoms with Gasteiger partial charge in [-0.1, -0.05) is 42.5 Å². The fraction of sp³-hybridized carbons (Fsp3) is 0.280. The summed E-state index contributed by atoms with van der Waals surface area (Å²) in [4.78, 5) is 20.6. The molecule has 1 aliphatic heterocycles. The van der Waals surface area contributed by atoms with Gasteiger partial charge in [0.05, 0.1) is 17.4 Å². The summed E-state index contributed by atoms with van der Waals surface area (Å²) >= 11 is 1.58. The molecule has 5 rings (SSSR count). The van der Waals surface area contributed by atoms with Crippen LogP contribution in [0.5, 0.6) is 0 Å². The van der Waals surface area contributed by atoms with Crippen molar-refractivity contribution in [3.8, 4) is 11.3 Å². The molecule has 7 heteroatoms. The molecule has 1 atom stereocenters. The summed E-state index contributed by atoms with van der Waals surface area (Å²) in [5.41, 5.74) is 3.19. The quantitative estimate of drug-likeness (QED) is 0.396. The van der Waals surface area contributed by atoms with Gasteiger partial charge in [0.25, 0.3) is 5.91 Å². The van der Waals surface area contributed by atoms with Gasteiger partial charge in [0.15, 0.2) is 4.96 Å². The number of thiazole rings is 1. The van der Waals surface area contributed by atoms with Crippen molar-refractivity contribution in [2.45, 2.75) is 25.4 Å². The molecule has 164 valence electrons. The van der Waals surface area contributed by atoms with Crippen LogP contribution in [0.1, 0.15) is 28.9 Å². The topological polar surface area (TPSA) is 46.8 Å². The number of aromatic nitrogens is 2. The molecule has 32 heavy (non-hydrogen) atoms. The summed E-state index contributed by atoms with van der Waals surface area (Å²) in [5.74, 6) is -0.782. The molecule has 0 saturated carbocycles. The number of imidazole rings is 1. The number of amides is 1. The predicted octanol–water partition coefficient (Wildman–Crippen LogP) is 5.07. The highest BCUT2D eigenvalue weighted by Gasteiger charge is 2.25. The zero-order valence-corrected chi connectivity index (χ0v) is 18.4. The normalized spacial score (nSPS) is 16.0. The molecular weight excluding hydrogens is 425 g/mol. The molecule has 1 aliphatic rings. The molecule has 0 N–H and O–H groups in total. The van der Waals surface area contributed by atoms with Gasteiger partial charge in [-0.3, -0.25) is 9.20 Å². The molecule has 0 unspecified atom stereocenters. The van der Waals surface area contributed by atoms with Crippen LogP contribution in [-0.4, -0.2) is 46.0 Å². The van der Waals surface area contributed by atoms with Gasteiger partial charge in [0, 0.05) is 49.0 Å². The van der Waals surface area contributed by atoms with Crippen LogP contribution in [0.2, 0.25) is 0 Å². The number of benzene rings is 2. The third kappa shape index (κ3) is 4.31. The monoisotopic (exact) mass is 449 g/mol. The second-order valence-corrected chi connectivity index (χ2v) is 8.82. The number of hydrogen-bond acceptors (Lipinski definition) is 4. The van der Waals surface area contributed by atoms with Gasteiger partial charge in [0.1, 0.15) is 5.82 Å². The average molecular weight is 450 g/mol. The summed E-state index contributed by atoms with van der Waals surface area (Å²) in [6, 6.07) is 16.2. The van der Waals surface area contributed by atoms with E-state index in [0.29, 0.717) is 19.5 Å². The van der Waals surface area contributed by atoms with E-state index in [-0.39, 0.29) is 17.6 Å². The Kier molecular flexibility index (Phi) is 6.01. The molecule has 3 heterocycles. The smallest absolute Gasteiger partial charge is 0.256 e. The van der Waals surface area contributed by atoms with Crippen LogP contribution in [0.25, 0.3) is 16.2 Å². The van der Waals surface area contributed by atoms with Crippen LogP contribution < -0.4 is 0 Å². The lowest BCUT2D eigenvalue weighted by atomic mass is 10.1. The van der Waals surface area contributed by atoms with Crippen molar-refractivity contribution >= 4 is 22.2 Å². The van der Waals surface area contributed by atoms with Gasteiger partial charge in [-0.05, 0) is 25.0 Å². The Morgan fingerprint density at radius 3 is 2.78 bits per heavy atom. The summed E-state index contributed by atoms with van der Waals surface area (Å²) in [6.45, 7) is 1.67. The van der Waals surface area contributed by atoms with Gasteiger partial charge in [-0.15, -0.1) is 11.3 Å². The van der Waals surface area contributed by atoms with Crippen LogP contribution in [-0.2, 0) is 11.2 Å². The minimum atomic E-state index is -0.491. The standard InChI is InChI=1S/C25H24FN3O2S/c26-22-11-5-4-10-21(22)24(30)28(15-20-9-6-14-31-20)13-12-19-17-32-25-27-23(16-29(19)25)18-7-2-1-3-8-18/h1-5,7-8,10-11,16-17,20H,6,9,12-15H2/t20-/m1/s1. The molecule has 2 aromatic carbocycles. The highest BCUT2D eigenvalue weighted by Crippen LogP contribution is 2.24. The molecule has 1 amide bonds. The number of nitrogens with zero attached hydrogens (tertiary/aromatic N) is 3. The first-order valence-electron chi connectivity index (χ1n) is 10.9. The van der Waals surface area contributed by atoms with E-state index >= 15 is 0 Å². The van der Waals surface area contributed by atoms with Crippen molar-refractivity contribution in [2.24, 2.45) is 0 Å². The molecule has 0 spiro atoms. The summed E-state index contributed by atoms with van der Waals surface area (Å²) in [6.07, 6.45) is 4.61. The van der Waals surface area contributed by atoms with Crippen molar-refractivity contribution in [3.05, 3.63) is 83.2 Å². The van der Waals surface area contributed by atoms with E-state index in [4.69, 9.17) is 9.72 Å². The van der Waals surface area contributed by atoms with Crippen LogP contribution >= 0.6 is 11.3 Å². The summed E-state index contributed by atoms with van der Waals surface area (Å²) in [7, 11) is 0. The van der Waals surface area contributed by atoms with Gasteiger partial charge in [0.2, 0.25) is 0 Å². The van der Waals surface area contributed by atoms with Crippen LogP contribution in [0.3, 0.4) is 0 Å². The van der Waals surface area contributed by atoms with Crippen LogP contribution in [0, 0.1) is 5.82 Å². The van der Waals surface area contributed by atoms with E-state index in [0.717, 1.165) is 41.4 Å². The lowest BCUT2D eigenvalue weighted by Gasteiger charge is -2.25. The van der Waals surface area contributed by atoms with E-state index in [1.165, 1.54) is 6.07 Å². The highest BCUT2D eigenvalue weighted by atomic mass is 32.1. The van der Waals surface area contributed by atoms with Crippen molar-refractivity contribution < 1.29 is 13.9 Å². The Labute approximate surface area is 190 Å². The van der Waals surface area contributed by atoms with E-state index in [1.807, 2.05) is 36.5 Å². The Balaban J connectivity index is 1.37. The largest absolute Gasteiger partial charge is 0.376 e. The Morgan fingerprint density at radius 1 is 1.19 bits per heavy atom. The SMILES string of the molecule is O=C(c1ccccc1F)N(CCc1csc2nc(-c3ccccc3)cn12)C[C@H]1CCCO1. The molecule has 4 aromatic rings. The zero-order chi connectivity index (χ0) is 21.9. The molecule has 0 radical (unpaired) electrons. The molecule has 2 aromatic heterocycles. The second kappa shape index (κ2) is 9.22. The van der Waals surface area contributed by atoms with Crippen LogP contribution in [0.15, 0.2) is 66.2 Å². The molecule has 0 aliphatic carbocycles. The van der Waals surface area contributed by atoms with E-state index in [9.17, 15) is 9.18 Å². The molecular formula is C25H24FN3O2S. The minimum Gasteiger partial charge on any atom is -0.376 e. The third-order valence-electron chi connectivity index (χ3n) is 5.83. The number of carbonyl (C=O) groups is 1. The number of halogens is 1. The fourth-order valence-electron chi connectivity index (χ4n) is 4.12. The second-order valence-electron chi connectivity index (χ2n) is 7.99. The summed E-state index contributed by atoms with van der Waals surface area (Å²) in [5, 5.41) is 2.08. The maximum absolute atomic E-state index is 14.3. The van der Waals surface area contributed by atoms with Crippen molar-refractivity contribution in [3.63, 3.8) is 0 Å². The number of carbonyl (C=O) groups excluding carboxylic acids is 1. The third-order valence-corrected chi connectivity index (χ3v) is 6.72. The van der Waals surface area contributed by atoms with Gasteiger partial charge >= 0.3 is 0 Å². The van der Waals surface area contributed by atoms with Gasteiger partial charge < -0.3 is 9.64 Å². The molecule has 1 saturated heterocycles. The van der Waals surface area contributed by atoms with E-state index in [2.05, 4.69) is 9.78 Å². The first-order valence-corrected chi connectivity index (χ1v) is 11.7. The number of fused-ring (bicyclic) bond motifs is 1.